The molecule has 31 heavy (non-hydrogen) atoms. The van der Waals surface area contributed by atoms with Crippen LogP contribution < -0.4 is 5.32 Å². The molecule has 1 fully saturated rings. The second-order valence-corrected chi connectivity index (χ2v) is 8.27. The monoisotopic (exact) mass is 423 g/mol. The minimum atomic E-state index is -0.336. The van der Waals surface area contributed by atoms with Crippen molar-refractivity contribution in [2.24, 2.45) is 0 Å². The normalized spacial score (nSPS) is 19.8. The molecule has 3 rings (SSSR count). The Morgan fingerprint density at radius 2 is 1.68 bits per heavy atom. The van der Waals surface area contributed by atoms with E-state index >= 15 is 0 Å². The van der Waals surface area contributed by atoms with Crippen molar-refractivity contribution in [2.75, 3.05) is 26.7 Å². The largest absolute Gasteiger partial charge is 0.372 e. The van der Waals surface area contributed by atoms with Gasteiger partial charge in [0.15, 0.2) is 0 Å². The van der Waals surface area contributed by atoms with Crippen molar-refractivity contribution < 1.29 is 14.3 Å². The molecule has 166 valence electrons. The van der Waals surface area contributed by atoms with Crippen molar-refractivity contribution in [3.63, 3.8) is 0 Å². The summed E-state index contributed by atoms with van der Waals surface area (Å²) in [7, 11) is 1.95. The van der Waals surface area contributed by atoms with E-state index < -0.39 is 0 Å². The van der Waals surface area contributed by atoms with E-state index in [1.54, 1.807) is 0 Å². The molecule has 0 spiro atoms. The van der Waals surface area contributed by atoms with Crippen molar-refractivity contribution >= 4 is 11.8 Å². The maximum Gasteiger partial charge on any atom is 0.254 e. The fourth-order valence-corrected chi connectivity index (χ4v) is 4.00. The summed E-state index contributed by atoms with van der Waals surface area (Å²) >= 11 is 0. The van der Waals surface area contributed by atoms with Crippen LogP contribution >= 0.6 is 0 Å². The summed E-state index contributed by atoms with van der Waals surface area (Å²) in [4.78, 5) is 29.6. The Hall–Kier alpha value is -2.70. The van der Waals surface area contributed by atoms with Gasteiger partial charge in [-0.2, -0.15) is 0 Å². The SMILES string of the molecule is CCN(C)C(C(=O)NCc1ccc(C(=O)N2CC(C)OC(C)C2)cc1)c1ccccc1. The summed E-state index contributed by atoms with van der Waals surface area (Å²) in [5, 5.41) is 3.04. The van der Waals surface area contributed by atoms with Gasteiger partial charge in [-0.3, -0.25) is 14.5 Å². The third-order valence-electron chi connectivity index (χ3n) is 5.68. The van der Waals surface area contributed by atoms with Crippen LogP contribution in [0.3, 0.4) is 0 Å². The van der Waals surface area contributed by atoms with Gasteiger partial charge in [0.05, 0.1) is 12.2 Å². The number of hydrogen-bond donors (Lipinski definition) is 1. The summed E-state index contributed by atoms with van der Waals surface area (Å²) < 4.78 is 5.71. The van der Waals surface area contributed by atoms with Crippen LogP contribution in [0, 0.1) is 0 Å². The Kier molecular flexibility index (Phi) is 7.82. The van der Waals surface area contributed by atoms with E-state index in [1.165, 1.54) is 0 Å². The highest BCUT2D eigenvalue weighted by atomic mass is 16.5. The van der Waals surface area contributed by atoms with Crippen molar-refractivity contribution in [1.29, 1.82) is 0 Å². The van der Waals surface area contributed by atoms with Crippen LogP contribution in [0.1, 0.15) is 48.3 Å². The number of amides is 2. The quantitative estimate of drug-likeness (QED) is 0.743. The van der Waals surface area contributed by atoms with E-state index in [9.17, 15) is 9.59 Å². The first-order valence-electron chi connectivity index (χ1n) is 11.0. The molecule has 1 heterocycles. The summed E-state index contributed by atoms with van der Waals surface area (Å²) in [5.74, 6) is -0.0155. The number of carbonyl (C=O) groups is 2. The van der Waals surface area contributed by atoms with E-state index in [-0.39, 0.29) is 30.1 Å². The van der Waals surface area contributed by atoms with Crippen molar-refractivity contribution in [3.8, 4) is 0 Å². The summed E-state index contributed by atoms with van der Waals surface area (Å²) in [6.07, 6.45) is 0.0852. The zero-order valence-corrected chi connectivity index (χ0v) is 18.9. The molecule has 0 bridgehead atoms. The van der Waals surface area contributed by atoms with E-state index in [0.717, 1.165) is 17.7 Å². The summed E-state index contributed by atoms with van der Waals surface area (Å²) in [6.45, 7) is 8.40. The summed E-state index contributed by atoms with van der Waals surface area (Å²) in [5.41, 5.74) is 2.59. The minimum Gasteiger partial charge on any atom is -0.372 e. The summed E-state index contributed by atoms with van der Waals surface area (Å²) in [6, 6.07) is 16.9. The van der Waals surface area contributed by atoms with Gasteiger partial charge in [0.1, 0.15) is 6.04 Å². The molecule has 3 unspecified atom stereocenters. The standard InChI is InChI=1S/C25H33N3O3/c1-5-27(4)23(21-9-7-6-8-10-21)24(29)26-15-20-11-13-22(14-12-20)25(30)28-16-18(2)31-19(3)17-28/h6-14,18-19,23H,5,15-17H2,1-4H3,(H,26,29). The first kappa shape index (κ1) is 23.0. The minimum absolute atomic E-state index is 0.0197. The van der Waals surface area contributed by atoms with Gasteiger partial charge >= 0.3 is 0 Å². The van der Waals surface area contributed by atoms with E-state index in [2.05, 4.69) is 5.32 Å². The van der Waals surface area contributed by atoms with Gasteiger partial charge in [0, 0.05) is 25.2 Å². The lowest BCUT2D eigenvalue weighted by molar-refractivity contribution is -0.126. The van der Waals surface area contributed by atoms with E-state index in [0.29, 0.717) is 25.2 Å². The fourth-order valence-electron chi connectivity index (χ4n) is 4.00. The van der Waals surface area contributed by atoms with Gasteiger partial charge in [0.25, 0.3) is 5.91 Å². The predicted octanol–water partition coefficient (Wildman–Crippen LogP) is 3.25. The first-order valence-corrected chi connectivity index (χ1v) is 11.0. The maximum absolute atomic E-state index is 12.9. The first-order chi connectivity index (χ1) is 14.9. The van der Waals surface area contributed by atoms with Crippen LogP contribution in [0.15, 0.2) is 54.6 Å². The molecular formula is C25H33N3O3. The number of likely N-dealkylation sites (N-methyl/N-ethyl adjacent to an activating group) is 1. The Morgan fingerprint density at radius 3 is 2.26 bits per heavy atom. The average molecular weight is 424 g/mol. The number of rotatable bonds is 7. The molecule has 6 nitrogen and oxygen atoms in total. The van der Waals surface area contributed by atoms with Gasteiger partial charge in [-0.25, -0.2) is 0 Å². The molecule has 2 aromatic rings. The van der Waals surface area contributed by atoms with Crippen LogP contribution in [-0.2, 0) is 16.1 Å². The molecule has 0 aromatic heterocycles. The van der Waals surface area contributed by atoms with Gasteiger partial charge in [-0.05, 0) is 50.7 Å². The van der Waals surface area contributed by atoms with Gasteiger partial charge in [-0.1, -0.05) is 49.4 Å². The lowest BCUT2D eigenvalue weighted by Gasteiger charge is -2.35. The number of morpholine rings is 1. The number of nitrogens with one attached hydrogen (secondary N) is 1. The molecule has 0 saturated carbocycles. The predicted molar refractivity (Wildman–Crippen MR) is 122 cm³/mol. The Morgan fingerprint density at radius 1 is 1.06 bits per heavy atom. The van der Waals surface area contributed by atoms with Crippen molar-refractivity contribution in [2.45, 2.75) is 45.6 Å². The molecule has 3 atom stereocenters. The molecule has 1 aliphatic rings. The van der Waals surface area contributed by atoms with Crippen LogP contribution in [-0.4, -0.2) is 60.5 Å². The van der Waals surface area contributed by atoms with Crippen molar-refractivity contribution in [3.05, 3.63) is 71.3 Å². The van der Waals surface area contributed by atoms with Crippen LogP contribution in [0.5, 0.6) is 0 Å². The Labute approximate surface area is 185 Å². The molecule has 2 amide bonds. The van der Waals surface area contributed by atoms with Crippen LogP contribution in [0.2, 0.25) is 0 Å². The van der Waals surface area contributed by atoms with Gasteiger partial charge < -0.3 is 15.0 Å². The highest BCUT2D eigenvalue weighted by Gasteiger charge is 2.27. The molecule has 6 heteroatoms. The Bertz CT molecular complexity index is 859. The molecule has 1 N–H and O–H groups in total. The van der Waals surface area contributed by atoms with E-state index in [1.807, 2.05) is 92.2 Å². The Balaban J connectivity index is 1.61. The lowest BCUT2D eigenvalue weighted by atomic mass is 10.0. The molecule has 1 aliphatic heterocycles. The molecule has 0 aliphatic carbocycles. The third kappa shape index (κ3) is 5.93. The lowest BCUT2D eigenvalue weighted by Crippen LogP contribution is -2.48. The molecule has 1 saturated heterocycles. The highest BCUT2D eigenvalue weighted by molar-refractivity contribution is 5.94. The maximum atomic E-state index is 12.9. The highest BCUT2D eigenvalue weighted by Crippen LogP contribution is 2.20. The molecule has 2 aromatic carbocycles. The average Bonchev–Trinajstić information content (AvgIpc) is 2.77. The second-order valence-electron chi connectivity index (χ2n) is 8.27. The fraction of sp³-hybridized carbons (Fsp3) is 0.440. The third-order valence-corrected chi connectivity index (χ3v) is 5.68. The molecular weight excluding hydrogens is 390 g/mol. The number of nitrogens with zero attached hydrogens (tertiary/aromatic N) is 2. The number of benzene rings is 2. The van der Waals surface area contributed by atoms with Gasteiger partial charge in [0.2, 0.25) is 5.91 Å². The van der Waals surface area contributed by atoms with E-state index in [4.69, 9.17) is 4.74 Å². The van der Waals surface area contributed by atoms with Crippen LogP contribution in [0.25, 0.3) is 0 Å². The number of carbonyl (C=O) groups excluding carboxylic acids is 2. The topological polar surface area (TPSA) is 61.9 Å². The molecule has 0 radical (unpaired) electrons. The number of ether oxygens (including phenoxy) is 1. The second kappa shape index (κ2) is 10.6. The van der Waals surface area contributed by atoms with Gasteiger partial charge in [-0.15, -0.1) is 0 Å². The number of hydrogen-bond acceptors (Lipinski definition) is 4. The smallest absolute Gasteiger partial charge is 0.254 e. The van der Waals surface area contributed by atoms with Crippen molar-refractivity contribution in [1.82, 2.24) is 15.1 Å². The zero-order chi connectivity index (χ0) is 22.4. The van der Waals surface area contributed by atoms with Crippen LogP contribution in [0.4, 0.5) is 0 Å². The zero-order valence-electron chi connectivity index (χ0n) is 18.9.